The predicted molar refractivity (Wildman–Crippen MR) is 67.0 cm³/mol. The molecule has 0 saturated carbocycles. The summed E-state index contributed by atoms with van der Waals surface area (Å²) in [5, 5.41) is 0. The molecule has 1 aliphatic rings. The Labute approximate surface area is 105 Å². The number of nitrogens with one attached hydrogen (secondary N) is 1. The molecule has 1 aromatic carbocycles. The minimum atomic E-state index is -0.172. The van der Waals surface area contributed by atoms with Crippen LogP contribution in [0.15, 0.2) is 22.7 Å². The quantitative estimate of drug-likeness (QED) is 0.852. The molecule has 0 aromatic heterocycles. The summed E-state index contributed by atoms with van der Waals surface area (Å²) in [7, 11) is 0. The molecule has 1 aliphatic heterocycles. The number of rotatable bonds is 2. The summed E-state index contributed by atoms with van der Waals surface area (Å²) in [5.74, 6) is -0.172. The molecule has 1 nitrogen and oxygen atoms in total. The Hall–Kier alpha value is -0.410. The van der Waals surface area contributed by atoms with Gasteiger partial charge in [0.15, 0.2) is 0 Å². The van der Waals surface area contributed by atoms with Crippen LogP contribution in [0.25, 0.3) is 0 Å². The van der Waals surface area contributed by atoms with Gasteiger partial charge in [0.1, 0.15) is 12.4 Å². The Bertz CT molecular complexity index is 346. The molecule has 88 valence electrons. The van der Waals surface area contributed by atoms with E-state index in [1.807, 2.05) is 12.1 Å². The Morgan fingerprint density at radius 2 is 1.81 bits per heavy atom. The first-order chi connectivity index (χ1) is 7.75. The van der Waals surface area contributed by atoms with Crippen molar-refractivity contribution < 1.29 is 9.29 Å². The highest BCUT2D eigenvalue weighted by Gasteiger charge is 2.13. The zero-order valence-corrected chi connectivity index (χ0v) is 11.0. The normalized spacial score (nSPS) is 18.4. The van der Waals surface area contributed by atoms with Crippen LogP contribution < -0.4 is 4.90 Å². The number of hydrogen-bond acceptors (Lipinski definition) is 0. The third kappa shape index (κ3) is 3.29. The zero-order chi connectivity index (χ0) is 11.4. The van der Waals surface area contributed by atoms with Gasteiger partial charge in [0.2, 0.25) is 0 Å². The van der Waals surface area contributed by atoms with Crippen molar-refractivity contribution in [1.29, 1.82) is 0 Å². The predicted octanol–water partition coefficient (Wildman–Crippen LogP) is 2.55. The Morgan fingerprint density at radius 1 is 1.12 bits per heavy atom. The van der Waals surface area contributed by atoms with Crippen LogP contribution in [0.2, 0.25) is 0 Å². The molecule has 0 bridgehead atoms. The fraction of sp³-hybridized carbons (Fsp3) is 0.538. The minimum Gasteiger partial charge on any atom is -0.331 e. The maximum atomic E-state index is 13.1. The molecule has 0 unspecified atom stereocenters. The third-order valence-corrected chi connectivity index (χ3v) is 3.86. The van der Waals surface area contributed by atoms with E-state index in [1.54, 1.807) is 11.0 Å². The van der Waals surface area contributed by atoms with Gasteiger partial charge in [-0.2, -0.15) is 0 Å². The molecule has 2 rings (SSSR count). The first-order valence-electron chi connectivity index (χ1n) is 6.03. The fourth-order valence-corrected chi connectivity index (χ4v) is 2.77. The van der Waals surface area contributed by atoms with Crippen molar-refractivity contribution in [2.45, 2.75) is 32.2 Å². The van der Waals surface area contributed by atoms with Crippen LogP contribution in [0.4, 0.5) is 4.39 Å². The number of benzene rings is 1. The lowest BCUT2D eigenvalue weighted by atomic mass is 10.2. The molecule has 1 saturated heterocycles. The molecule has 0 radical (unpaired) electrons. The molecular formula is C13H18BrFN+. The topological polar surface area (TPSA) is 4.44 Å². The Morgan fingerprint density at radius 3 is 2.44 bits per heavy atom. The van der Waals surface area contributed by atoms with Gasteiger partial charge in [-0.1, -0.05) is 6.07 Å². The van der Waals surface area contributed by atoms with E-state index in [4.69, 9.17) is 0 Å². The van der Waals surface area contributed by atoms with Gasteiger partial charge >= 0.3 is 0 Å². The smallest absolute Gasteiger partial charge is 0.137 e. The molecule has 0 atom stereocenters. The average Bonchev–Trinajstić information content (AvgIpc) is 2.52. The lowest BCUT2D eigenvalue weighted by Gasteiger charge is -2.17. The van der Waals surface area contributed by atoms with Crippen LogP contribution in [0, 0.1) is 5.82 Å². The summed E-state index contributed by atoms with van der Waals surface area (Å²) < 4.78 is 13.7. The average molecular weight is 287 g/mol. The van der Waals surface area contributed by atoms with Crippen LogP contribution in [0.5, 0.6) is 0 Å². The molecular weight excluding hydrogens is 269 g/mol. The largest absolute Gasteiger partial charge is 0.331 e. The third-order valence-electron chi connectivity index (χ3n) is 3.25. The van der Waals surface area contributed by atoms with Crippen LogP contribution in [0.1, 0.15) is 31.2 Å². The molecule has 0 spiro atoms. The van der Waals surface area contributed by atoms with Gasteiger partial charge in [0, 0.05) is 5.56 Å². The summed E-state index contributed by atoms with van der Waals surface area (Å²) >= 11 is 3.24. The maximum absolute atomic E-state index is 13.1. The Kier molecular flexibility index (Phi) is 4.36. The van der Waals surface area contributed by atoms with Crippen LogP contribution in [-0.2, 0) is 6.54 Å². The van der Waals surface area contributed by atoms with Crippen molar-refractivity contribution in [2.24, 2.45) is 0 Å². The van der Waals surface area contributed by atoms with Crippen LogP contribution in [0.3, 0.4) is 0 Å². The molecule has 3 heteroatoms. The lowest BCUT2D eigenvalue weighted by Crippen LogP contribution is -3.10. The van der Waals surface area contributed by atoms with Crippen LogP contribution >= 0.6 is 15.9 Å². The van der Waals surface area contributed by atoms with Crippen molar-refractivity contribution in [3.05, 3.63) is 34.1 Å². The second kappa shape index (κ2) is 5.78. The molecule has 0 aliphatic carbocycles. The van der Waals surface area contributed by atoms with Crippen molar-refractivity contribution in [1.82, 2.24) is 0 Å². The SMILES string of the molecule is Fc1ccc(C[NH+]2CCCCCC2)cc1Br. The van der Waals surface area contributed by atoms with Gasteiger partial charge in [0.25, 0.3) is 0 Å². The summed E-state index contributed by atoms with van der Waals surface area (Å²) in [6.07, 6.45) is 5.41. The standard InChI is InChI=1S/C13H17BrFN/c14-12-9-11(5-6-13(12)15)10-16-7-3-1-2-4-8-16/h5-6,9H,1-4,7-8,10H2/p+1. The monoisotopic (exact) mass is 286 g/mol. The molecule has 1 N–H and O–H groups in total. The maximum Gasteiger partial charge on any atom is 0.137 e. The van der Waals surface area contributed by atoms with E-state index in [0.29, 0.717) is 4.47 Å². The van der Waals surface area contributed by atoms with E-state index in [-0.39, 0.29) is 5.82 Å². The summed E-state index contributed by atoms with van der Waals surface area (Å²) in [6.45, 7) is 3.54. The van der Waals surface area contributed by atoms with Crippen molar-refractivity contribution in [2.75, 3.05) is 13.1 Å². The first kappa shape index (κ1) is 12.1. The minimum absolute atomic E-state index is 0.172. The Balaban J connectivity index is 1.99. The van der Waals surface area contributed by atoms with E-state index in [0.717, 1.165) is 6.54 Å². The van der Waals surface area contributed by atoms with Gasteiger partial charge < -0.3 is 4.90 Å². The summed E-state index contributed by atoms with van der Waals surface area (Å²) in [6, 6.07) is 5.36. The van der Waals surface area contributed by atoms with Crippen LogP contribution in [-0.4, -0.2) is 13.1 Å². The highest BCUT2D eigenvalue weighted by atomic mass is 79.9. The van der Waals surface area contributed by atoms with Gasteiger partial charge in [0.05, 0.1) is 17.6 Å². The number of quaternary nitrogens is 1. The van der Waals surface area contributed by atoms with E-state index < -0.39 is 0 Å². The van der Waals surface area contributed by atoms with Gasteiger partial charge in [-0.05, 0) is 53.7 Å². The highest BCUT2D eigenvalue weighted by molar-refractivity contribution is 9.10. The molecule has 16 heavy (non-hydrogen) atoms. The highest BCUT2D eigenvalue weighted by Crippen LogP contribution is 2.16. The second-order valence-electron chi connectivity index (χ2n) is 4.59. The van der Waals surface area contributed by atoms with E-state index >= 15 is 0 Å². The van der Waals surface area contributed by atoms with E-state index in [1.165, 1.54) is 44.3 Å². The van der Waals surface area contributed by atoms with E-state index in [2.05, 4.69) is 15.9 Å². The number of halogens is 2. The molecule has 0 amide bonds. The lowest BCUT2D eigenvalue weighted by molar-refractivity contribution is -0.913. The first-order valence-corrected chi connectivity index (χ1v) is 6.82. The second-order valence-corrected chi connectivity index (χ2v) is 5.44. The van der Waals surface area contributed by atoms with Crippen molar-refractivity contribution in [3.8, 4) is 0 Å². The summed E-state index contributed by atoms with van der Waals surface area (Å²) in [5.41, 5.74) is 1.23. The number of hydrogen-bond donors (Lipinski definition) is 1. The molecule has 1 aromatic rings. The fourth-order valence-electron chi connectivity index (χ4n) is 2.34. The van der Waals surface area contributed by atoms with E-state index in [9.17, 15) is 4.39 Å². The van der Waals surface area contributed by atoms with Gasteiger partial charge in [-0.15, -0.1) is 0 Å². The van der Waals surface area contributed by atoms with Crippen molar-refractivity contribution >= 4 is 15.9 Å². The van der Waals surface area contributed by atoms with Gasteiger partial charge in [-0.3, -0.25) is 0 Å². The molecule has 1 heterocycles. The van der Waals surface area contributed by atoms with Crippen molar-refractivity contribution in [3.63, 3.8) is 0 Å². The van der Waals surface area contributed by atoms with Gasteiger partial charge in [-0.25, -0.2) is 4.39 Å². The molecule has 1 fully saturated rings. The summed E-state index contributed by atoms with van der Waals surface area (Å²) in [4.78, 5) is 1.64. The number of likely N-dealkylation sites (tertiary alicyclic amines) is 1. The zero-order valence-electron chi connectivity index (χ0n) is 9.44.